The average molecular weight is 300 g/mol. The van der Waals surface area contributed by atoms with Crippen molar-refractivity contribution in [3.8, 4) is 0 Å². The fourth-order valence-electron chi connectivity index (χ4n) is 1.00. The van der Waals surface area contributed by atoms with Crippen LogP contribution in [-0.2, 0) is 21.7 Å². The maximum absolute atomic E-state index is 6.10. The molecule has 0 N–H and O–H groups in total. The Balaban J connectivity index is 2.96. The lowest BCUT2D eigenvalue weighted by Gasteiger charge is -2.08. The average Bonchev–Trinajstić information content (AvgIpc) is 2.18. The summed E-state index contributed by atoms with van der Waals surface area (Å²) in [5.74, 6) is 0. The molecule has 0 unspecified atom stereocenters. The van der Waals surface area contributed by atoms with E-state index in [4.69, 9.17) is 28.1 Å². The third-order valence-corrected chi connectivity index (χ3v) is 3.12. The first-order valence-corrected chi connectivity index (χ1v) is 5.75. The summed E-state index contributed by atoms with van der Waals surface area (Å²) in [5, 5.41) is 1.88. The van der Waals surface area contributed by atoms with E-state index in [1.807, 2.05) is 6.07 Å². The third kappa shape index (κ3) is 2.84. The van der Waals surface area contributed by atoms with Crippen LogP contribution in [-0.4, -0.2) is 7.11 Å². The highest BCUT2D eigenvalue weighted by atomic mass is 79.9. The lowest BCUT2D eigenvalue weighted by Crippen LogP contribution is -1.95. The van der Waals surface area contributed by atoms with E-state index < -0.39 is 0 Å². The van der Waals surface area contributed by atoms with Gasteiger partial charge in [-0.2, -0.15) is 0 Å². The summed E-state index contributed by atoms with van der Waals surface area (Å²) in [6.07, 6.45) is 0. The quantitative estimate of drug-likeness (QED) is 0.476. The Labute approximate surface area is 101 Å². The van der Waals surface area contributed by atoms with Gasteiger partial charge < -0.3 is 0 Å². The predicted molar refractivity (Wildman–Crippen MR) is 60.9 cm³/mol. The van der Waals surface area contributed by atoms with Crippen molar-refractivity contribution in [1.82, 2.24) is 0 Å². The monoisotopic (exact) mass is 298 g/mol. The van der Waals surface area contributed by atoms with Crippen LogP contribution >= 0.6 is 39.1 Å². The molecule has 0 bridgehead atoms. The Bertz CT molecular complexity index is 318. The minimum atomic E-state index is 0.312. The van der Waals surface area contributed by atoms with Crippen LogP contribution in [0.25, 0.3) is 0 Å². The molecule has 0 saturated heterocycles. The van der Waals surface area contributed by atoms with Crippen LogP contribution in [0.1, 0.15) is 11.1 Å². The molecule has 0 atom stereocenters. The molecule has 0 spiro atoms. The molecule has 0 amide bonds. The fraction of sp³-hybridized carbons (Fsp3) is 0.333. The topological polar surface area (TPSA) is 18.5 Å². The first-order valence-electron chi connectivity index (χ1n) is 3.88. The maximum Gasteiger partial charge on any atom is 0.109 e. The zero-order valence-electron chi connectivity index (χ0n) is 7.52. The molecule has 0 heterocycles. The van der Waals surface area contributed by atoms with Gasteiger partial charge in [0.15, 0.2) is 0 Å². The van der Waals surface area contributed by atoms with E-state index in [2.05, 4.69) is 20.8 Å². The maximum atomic E-state index is 6.10. The molecule has 0 aromatic heterocycles. The summed E-state index contributed by atoms with van der Waals surface area (Å²) in [6, 6.07) is 3.61. The molecule has 1 aromatic carbocycles. The second-order valence-corrected chi connectivity index (χ2v) is 3.91. The van der Waals surface area contributed by atoms with Crippen molar-refractivity contribution in [3.63, 3.8) is 0 Å². The Morgan fingerprint density at radius 1 is 1.36 bits per heavy atom. The standard InChI is InChI=1S/C9H9BrCl2O2/c1-13-14-5-6-2-3-8(11)7(4-10)9(6)12/h2-3H,4-5H2,1H3. The molecule has 78 valence electrons. The molecular weight excluding hydrogens is 291 g/mol. The number of halogens is 3. The Morgan fingerprint density at radius 3 is 2.64 bits per heavy atom. The van der Waals surface area contributed by atoms with Crippen molar-refractivity contribution < 1.29 is 9.78 Å². The molecule has 0 aliphatic rings. The first kappa shape index (κ1) is 12.3. The summed E-state index contributed by atoms with van der Waals surface area (Å²) >= 11 is 15.4. The van der Waals surface area contributed by atoms with Crippen LogP contribution in [0, 0.1) is 0 Å². The number of rotatable bonds is 4. The number of hydrogen-bond acceptors (Lipinski definition) is 2. The van der Waals surface area contributed by atoms with Gasteiger partial charge in [-0.1, -0.05) is 45.2 Å². The molecule has 0 saturated carbocycles. The molecule has 1 rings (SSSR count). The van der Waals surface area contributed by atoms with Crippen molar-refractivity contribution in [2.75, 3.05) is 7.11 Å². The minimum Gasteiger partial charge on any atom is -0.240 e. The second kappa shape index (κ2) is 5.93. The van der Waals surface area contributed by atoms with E-state index in [0.29, 0.717) is 22.0 Å². The Kier molecular flexibility index (Phi) is 5.20. The van der Waals surface area contributed by atoms with Crippen LogP contribution in [0.3, 0.4) is 0 Å². The smallest absolute Gasteiger partial charge is 0.109 e. The number of hydrogen-bond donors (Lipinski definition) is 0. The summed E-state index contributed by atoms with van der Waals surface area (Å²) in [7, 11) is 1.45. The van der Waals surface area contributed by atoms with Crippen LogP contribution in [0.15, 0.2) is 12.1 Å². The highest BCUT2D eigenvalue weighted by Crippen LogP contribution is 2.30. The van der Waals surface area contributed by atoms with Gasteiger partial charge in [-0.15, -0.1) is 0 Å². The molecule has 0 radical (unpaired) electrons. The lowest BCUT2D eigenvalue weighted by atomic mass is 10.1. The molecule has 0 aliphatic heterocycles. The zero-order chi connectivity index (χ0) is 10.6. The normalized spacial score (nSPS) is 10.6. The summed E-state index contributed by atoms with van der Waals surface area (Å²) < 4.78 is 0. The molecule has 0 fully saturated rings. The van der Waals surface area contributed by atoms with Gasteiger partial charge in [-0.25, -0.2) is 9.78 Å². The summed E-state index contributed by atoms with van der Waals surface area (Å²) in [4.78, 5) is 9.30. The van der Waals surface area contributed by atoms with Crippen LogP contribution in [0.2, 0.25) is 10.0 Å². The lowest BCUT2D eigenvalue weighted by molar-refractivity contribution is -0.282. The van der Waals surface area contributed by atoms with Crippen molar-refractivity contribution >= 4 is 39.1 Å². The van der Waals surface area contributed by atoms with E-state index in [-0.39, 0.29) is 0 Å². The van der Waals surface area contributed by atoms with Crippen molar-refractivity contribution in [2.24, 2.45) is 0 Å². The predicted octanol–water partition coefficient (Wildman–Crippen LogP) is 3.97. The molecule has 1 aromatic rings. The second-order valence-electron chi connectivity index (χ2n) is 2.56. The highest BCUT2D eigenvalue weighted by Gasteiger charge is 2.09. The van der Waals surface area contributed by atoms with Gasteiger partial charge in [0, 0.05) is 15.9 Å². The van der Waals surface area contributed by atoms with E-state index in [1.165, 1.54) is 7.11 Å². The number of benzene rings is 1. The van der Waals surface area contributed by atoms with Crippen LogP contribution in [0.4, 0.5) is 0 Å². The first-order chi connectivity index (χ1) is 6.70. The van der Waals surface area contributed by atoms with Crippen molar-refractivity contribution in [2.45, 2.75) is 11.9 Å². The Hall–Kier alpha value is 0.200. The van der Waals surface area contributed by atoms with Crippen molar-refractivity contribution in [1.29, 1.82) is 0 Å². The van der Waals surface area contributed by atoms with Crippen LogP contribution in [0.5, 0.6) is 0 Å². The van der Waals surface area contributed by atoms with Crippen molar-refractivity contribution in [3.05, 3.63) is 33.3 Å². The van der Waals surface area contributed by atoms with Gasteiger partial charge in [0.2, 0.25) is 0 Å². The SMILES string of the molecule is COOCc1ccc(Cl)c(CBr)c1Cl. The van der Waals surface area contributed by atoms with E-state index in [9.17, 15) is 0 Å². The van der Waals surface area contributed by atoms with E-state index in [0.717, 1.165) is 11.1 Å². The molecule has 0 aliphatic carbocycles. The molecular formula is C9H9BrCl2O2. The van der Waals surface area contributed by atoms with E-state index >= 15 is 0 Å². The van der Waals surface area contributed by atoms with Gasteiger partial charge >= 0.3 is 0 Å². The number of alkyl halides is 1. The van der Waals surface area contributed by atoms with Crippen LogP contribution < -0.4 is 0 Å². The summed E-state index contributed by atoms with van der Waals surface area (Å²) in [6.45, 7) is 0.312. The Morgan fingerprint density at radius 2 is 2.07 bits per heavy atom. The van der Waals surface area contributed by atoms with Gasteiger partial charge in [0.05, 0.1) is 12.1 Å². The zero-order valence-corrected chi connectivity index (χ0v) is 10.6. The highest BCUT2D eigenvalue weighted by molar-refractivity contribution is 9.08. The van der Waals surface area contributed by atoms with Gasteiger partial charge in [0.1, 0.15) is 6.61 Å². The fourth-order valence-corrected chi connectivity index (χ4v) is 2.47. The minimum absolute atomic E-state index is 0.312. The molecule has 5 heteroatoms. The van der Waals surface area contributed by atoms with E-state index in [1.54, 1.807) is 6.07 Å². The molecule has 14 heavy (non-hydrogen) atoms. The van der Waals surface area contributed by atoms with Gasteiger partial charge in [-0.05, 0) is 11.6 Å². The van der Waals surface area contributed by atoms with Gasteiger partial charge in [-0.3, -0.25) is 0 Å². The van der Waals surface area contributed by atoms with Gasteiger partial charge in [0.25, 0.3) is 0 Å². The third-order valence-electron chi connectivity index (χ3n) is 1.73. The molecule has 2 nitrogen and oxygen atoms in total. The summed E-state index contributed by atoms with van der Waals surface area (Å²) in [5.41, 5.74) is 1.72. The largest absolute Gasteiger partial charge is 0.240 e.